The second-order valence-corrected chi connectivity index (χ2v) is 8.24. The number of benzene rings is 3. The number of nitrogens with zero attached hydrogens (tertiary/aromatic N) is 2. The molecule has 0 bridgehead atoms. The summed E-state index contributed by atoms with van der Waals surface area (Å²) in [6.07, 6.45) is 0. The van der Waals surface area contributed by atoms with Crippen LogP contribution in [0.25, 0.3) is 10.2 Å². The molecule has 5 rings (SSSR count). The Hall–Kier alpha value is -4.04. The lowest BCUT2D eigenvalue weighted by Gasteiger charge is -2.24. The van der Waals surface area contributed by atoms with Gasteiger partial charge in [-0.1, -0.05) is 53.8 Å². The Balaban J connectivity index is 1.68. The van der Waals surface area contributed by atoms with E-state index in [0.717, 1.165) is 11.3 Å². The number of rotatable bonds is 4. The molecule has 6 nitrogen and oxygen atoms in total. The summed E-state index contributed by atoms with van der Waals surface area (Å²) >= 11 is 1.08. The number of phenolic OH excluding ortho intramolecular Hbond substituents is 1. The minimum Gasteiger partial charge on any atom is -0.508 e. The topological polar surface area (TPSA) is 90.7 Å². The largest absolute Gasteiger partial charge is 0.508 e. The monoisotopic (exact) mass is 446 g/mol. The van der Waals surface area contributed by atoms with Crippen LogP contribution in [0.5, 0.6) is 5.75 Å². The molecular formula is C24H15FN2O4S. The summed E-state index contributed by atoms with van der Waals surface area (Å²) in [6.45, 7) is 0. The van der Waals surface area contributed by atoms with E-state index in [4.69, 9.17) is 0 Å². The molecule has 1 aliphatic rings. The van der Waals surface area contributed by atoms with Crippen molar-refractivity contribution >= 4 is 38.4 Å². The summed E-state index contributed by atoms with van der Waals surface area (Å²) in [7, 11) is 0. The summed E-state index contributed by atoms with van der Waals surface area (Å²) < 4.78 is 14.2. The van der Waals surface area contributed by atoms with Gasteiger partial charge in [-0.25, -0.2) is 9.37 Å². The molecule has 1 aromatic heterocycles. The number of carbonyl (C=O) groups is 2. The molecule has 158 valence electrons. The third-order valence-electron chi connectivity index (χ3n) is 5.24. The van der Waals surface area contributed by atoms with Crippen LogP contribution in [0.15, 0.2) is 84.1 Å². The van der Waals surface area contributed by atoms with E-state index in [0.29, 0.717) is 21.3 Å². The van der Waals surface area contributed by atoms with Gasteiger partial charge < -0.3 is 10.2 Å². The van der Waals surface area contributed by atoms with Crippen LogP contribution in [0, 0.1) is 5.82 Å². The number of thiazole rings is 1. The van der Waals surface area contributed by atoms with E-state index in [1.54, 1.807) is 42.5 Å². The van der Waals surface area contributed by atoms with Crippen LogP contribution in [-0.4, -0.2) is 26.9 Å². The SMILES string of the molecule is O=C(C1=C(O)C(=O)N(c2nc3ccc(F)cc3s2)C1c1ccc(O)cc1)c1ccccc1. The zero-order valence-electron chi connectivity index (χ0n) is 16.4. The van der Waals surface area contributed by atoms with Gasteiger partial charge in [-0.05, 0) is 35.9 Å². The van der Waals surface area contributed by atoms with Gasteiger partial charge in [0.2, 0.25) is 0 Å². The first kappa shape index (κ1) is 19.9. The van der Waals surface area contributed by atoms with E-state index in [9.17, 15) is 24.2 Å². The van der Waals surface area contributed by atoms with Gasteiger partial charge in [-0.2, -0.15) is 0 Å². The van der Waals surface area contributed by atoms with Crippen molar-refractivity contribution in [3.63, 3.8) is 0 Å². The Labute approximate surface area is 185 Å². The molecule has 1 unspecified atom stereocenters. The first-order valence-corrected chi connectivity index (χ1v) is 10.5. The maximum Gasteiger partial charge on any atom is 0.296 e. The first-order chi connectivity index (χ1) is 15.4. The number of hydrogen-bond acceptors (Lipinski definition) is 6. The van der Waals surface area contributed by atoms with Crippen LogP contribution in [-0.2, 0) is 4.79 Å². The zero-order chi connectivity index (χ0) is 22.4. The fourth-order valence-corrected chi connectivity index (χ4v) is 4.76. The van der Waals surface area contributed by atoms with E-state index in [-0.39, 0.29) is 16.5 Å². The first-order valence-electron chi connectivity index (χ1n) is 9.65. The molecule has 0 fully saturated rings. The van der Waals surface area contributed by atoms with Crippen molar-refractivity contribution in [2.24, 2.45) is 0 Å². The number of fused-ring (bicyclic) bond motifs is 1. The van der Waals surface area contributed by atoms with E-state index in [1.165, 1.54) is 35.2 Å². The van der Waals surface area contributed by atoms with Crippen LogP contribution in [0.3, 0.4) is 0 Å². The Morgan fingerprint density at radius 1 is 1.00 bits per heavy atom. The van der Waals surface area contributed by atoms with Crippen molar-refractivity contribution in [3.05, 3.63) is 101 Å². The van der Waals surface area contributed by atoms with Crippen molar-refractivity contribution in [1.82, 2.24) is 4.98 Å². The smallest absolute Gasteiger partial charge is 0.296 e. The van der Waals surface area contributed by atoms with Gasteiger partial charge in [0.1, 0.15) is 11.6 Å². The molecule has 1 aliphatic heterocycles. The Kier molecular flexibility index (Phi) is 4.71. The lowest BCUT2D eigenvalue weighted by molar-refractivity contribution is -0.117. The zero-order valence-corrected chi connectivity index (χ0v) is 17.2. The van der Waals surface area contributed by atoms with Gasteiger partial charge >= 0.3 is 0 Å². The molecule has 0 spiro atoms. The maximum absolute atomic E-state index is 13.7. The number of anilines is 1. The number of aliphatic hydroxyl groups excluding tert-OH is 1. The molecular weight excluding hydrogens is 431 g/mol. The van der Waals surface area contributed by atoms with Crippen molar-refractivity contribution in [1.29, 1.82) is 0 Å². The van der Waals surface area contributed by atoms with Gasteiger partial charge in [0.15, 0.2) is 16.7 Å². The molecule has 1 amide bonds. The second-order valence-electron chi connectivity index (χ2n) is 7.24. The van der Waals surface area contributed by atoms with Crippen molar-refractivity contribution < 1.29 is 24.2 Å². The lowest BCUT2D eigenvalue weighted by atomic mass is 9.93. The minimum atomic E-state index is -0.971. The maximum atomic E-state index is 13.7. The molecule has 2 N–H and O–H groups in total. The highest BCUT2D eigenvalue weighted by Gasteiger charge is 2.45. The number of aromatic hydroxyl groups is 1. The molecule has 0 saturated heterocycles. The molecule has 3 aromatic carbocycles. The highest BCUT2D eigenvalue weighted by atomic mass is 32.1. The molecule has 0 radical (unpaired) electrons. The van der Waals surface area contributed by atoms with E-state index < -0.39 is 29.3 Å². The second kappa shape index (κ2) is 7.58. The van der Waals surface area contributed by atoms with Gasteiger partial charge in [0.05, 0.1) is 21.8 Å². The number of hydrogen-bond donors (Lipinski definition) is 2. The number of halogens is 1. The highest BCUT2D eigenvalue weighted by Crippen LogP contribution is 2.44. The van der Waals surface area contributed by atoms with Crippen LogP contribution >= 0.6 is 11.3 Å². The Morgan fingerprint density at radius 2 is 1.72 bits per heavy atom. The number of aliphatic hydroxyl groups is 1. The standard InChI is InChI=1S/C24H15FN2O4S/c25-15-8-11-17-18(12-15)32-24(26-17)27-20(13-6-9-16(28)10-7-13)19(22(30)23(27)31)21(29)14-4-2-1-3-5-14/h1-12,20,28,30H. The molecule has 8 heteroatoms. The van der Waals surface area contributed by atoms with Gasteiger partial charge in [-0.15, -0.1) is 0 Å². The predicted molar refractivity (Wildman–Crippen MR) is 118 cm³/mol. The quantitative estimate of drug-likeness (QED) is 0.434. The minimum absolute atomic E-state index is 0.0178. The van der Waals surface area contributed by atoms with Crippen LogP contribution in [0.4, 0.5) is 9.52 Å². The number of amides is 1. The third kappa shape index (κ3) is 3.21. The summed E-state index contributed by atoms with van der Waals surface area (Å²) in [5.41, 5.74) is 1.23. The number of ketones is 1. The summed E-state index contributed by atoms with van der Waals surface area (Å²) in [6, 6.07) is 17.5. The molecule has 32 heavy (non-hydrogen) atoms. The fraction of sp³-hybridized carbons (Fsp3) is 0.0417. The van der Waals surface area contributed by atoms with Gasteiger partial charge in [0, 0.05) is 5.56 Å². The lowest BCUT2D eigenvalue weighted by Crippen LogP contribution is -2.30. The Morgan fingerprint density at radius 3 is 2.44 bits per heavy atom. The third-order valence-corrected chi connectivity index (χ3v) is 6.26. The average molecular weight is 446 g/mol. The average Bonchev–Trinajstić information content (AvgIpc) is 3.32. The van der Waals surface area contributed by atoms with Gasteiger partial charge in [-0.3, -0.25) is 14.5 Å². The molecule has 2 heterocycles. The molecule has 0 aliphatic carbocycles. The molecule has 4 aromatic rings. The van der Waals surface area contributed by atoms with Gasteiger partial charge in [0.25, 0.3) is 5.91 Å². The number of Topliss-reactive ketones (excluding diaryl/α,β-unsaturated/α-hetero) is 1. The summed E-state index contributed by atoms with van der Waals surface area (Å²) in [5, 5.41) is 20.7. The molecule has 0 saturated carbocycles. The van der Waals surface area contributed by atoms with Crippen LogP contribution in [0.1, 0.15) is 22.0 Å². The number of aromatic nitrogens is 1. The van der Waals surface area contributed by atoms with Crippen molar-refractivity contribution in [3.8, 4) is 5.75 Å². The normalized spacial score (nSPS) is 16.2. The number of carbonyl (C=O) groups excluding carboxylic acids is 2. The fourth-order valence-electron chi connectivity index (χ4n) is 3.74. The summed E-state index contributed by atoms with van der Waals surface area (Å²) in [4.78, 5) is 32.2. The van der Waals surface area contributed by atoms with E-state index in [1.807, 2.05) is 0 Å². The molecule has 1 atom stereocenters. The van der Waals surface area contributed by atoms with Crippen molar-refractivity contribution in [2.75, 3.05) is 4.90 Å². The predicted octanol–water partition coefficient (Wildman–Crippen LogP) is 4.92. The van der Waals surface area contributed by atoms with Crippen molar-refractivity contribution in [2.45, 2.75) is 6.04 Å². The highest BCUT2D eigenvalue weighted by molar-refractivity contribution is 7.22. The van der Waals surface area contributed by atoms with E-state index in [2.05, 4.69) is 4.98 Å². The summed E-state index contributed by atoms with van der Waals surface area (Å²) in [5.74, 6) is -2.35. The van der Waals surface area contributed by atoms with E-state index >= 15 is 0 Å². The van der Waals surface area contributed by atoms with Crippen LogP contribution < -0.4 is 4.90 Å². The number of phenols is 1. The van der Waals surface area contributed by atoms with Crippen LogP contribution in [0.2, 0.25) is 0 Å². The Bertz CT molecular complexity index is 1400.